The molecule has 4 nitrogen and oxygen atoms in total. The van der Waals surface area contributed by atoms with E-state index in [-0.39, 0.29) is 29.8 Å². The van der Waals surface area contributed by atoms with E-state index in [2.05, 4.69) is 10.2 Å². The topological polar surface area (TPSA) is 49.4 Å². The van der Waals surface area contributed by atoms with E-state index in [1.807, 2.05) is 0 Å². The zero-order valence-corrected chi connectivity index (χ0v) is 15.8. The van der Waals surface area contributed by atoms with Crippen LogP contribution in [-0.4, -0.2) is 34.8 Å². The molecular formula is C22H29FN2O2. The highest BCUT2D eigenvalue weighted by Crippen LogP contribution is 2.37. The second-order valence-corrected chi connectivity index (χ2v) is 8.52. The van der Waals surface area contributed by atoms with Crippen molar-refractivity contribution in [2.45, 2.75) is 82.3 Å². The molecule has 1 saturated carbocycles. The molecule has 1 aromatic rings. The molecule has 2 unspecified atom stereocenters. The van der Waals surface area contributed by atoms with Crippen LogP contribution < -0.4 is 5.32 Å². The van der Waals surface area contributed by atoms with E-state index in [4.69, 9.17) is 0 Å². The zero-order valence-electron chi connectivity index (χ0n) is 15.8. The maximum Gasteiger partial charge on any atom is 0.251 e. The van der Waals surface area contributed by atoms with Crippen molar-refractivity contribution >= 4 is 11.8 Å². The Bertz CT molecular complexity index is 670. The Hall–Kier alpha value is -1.91. The quantitative estimate of drug-likeness (QED) is 0.848. The molecule has 27 heavy (non-hydrogen) atoms. The summed E-state index contributed by atoms with van der Waals surface area (Å²) in [5, 5.41) is 3.09. The Morgan fingerprint density at radius 1 is 1.00 bits per heavy atom. The SMILES string of the molecule is O=C(NC1CC2CCC(C1)N2C(=O)CCC1CCCC1)c1ccc(F)cc1. The molecule has 2 saturated heterocycles. The van der Waals surface area contributed by atoms with E-state index in [1.165, 1.54) is 49.9 Å². The molecule has 2 atom stereocenters. The predicted octanol–water partition coefficient (Wildman–Crippen LogP) is 4.05. The molecule has 1 aromatic carbocycles. The summed E-state index contributed by atoms with van der Waals surface area (Å²) in [6.07, 6.45) is 10.7. The maximum absolute atomic E-state index is 13.0. The second-order valence-electron chi connectivity index (χ2n) is 8.52. The van der Waals surface area contributed by atoms with Crippen molar-refractivity contribution in [1.82, 2.24) is 10.2 Å². The second kappa shape index (κ2) is 7.99. The molecule has 5 heteroatoms. The van der Waals surface area contributed by atoms with Gasteiger partial charge in [0.2, 0.25) is 5.91 Å². The first-order valence-corrected chi connectivity index (χ1v) is 10.5. The fourth-order valence-electron chi connectivity index (χ4n) is 5.33. The molecular weight excluding hydrogens is 343 g/mol. The lowest BCUT2D eigenvalue weighted by molar-refractivity contribution is -0.136. The number of nitrogens with one attached hydrogen (secondary N) is 1. The van der Waals surface area contributed by atoms with E-state index in [0.29, 0.717) is 17.9 Å². The van der Waals surface area contributed by atoms with Gasteiger partial charge in [0.15, 0.2) is 0 Å². The van der Waals surface area contributed by atoms with Crippen molar-refractivity contribution in [3.05, 3.63) is 35.6 Å². The summed E-state index contributed by atoms with van der Waals surface area (Å²) in [5.74, 6) is 0.575. The van der Waals surface area contributed by atoms with Crippen LogP contribution in [0.3, 0.4) is 0 Å². The summed E-state index contributed by atoms with van der Waals surface area (Å²) < 4.78 is 13.0. The Morgan fingerprint density at radius 3 is 2.26 bits per heavy atom. The average Bonchev–Trinajstić information content (AvgIpc) is 3.27. The lowest BCUT2D eigenvalue weighted by Crippen LogP contribution is -2.52. The first-order chi connectivity index (χ1) is 13.1. The molecule has 4 rings (SSSR count). The normalized spacial score (nSPS) is 27.7. The van der Waals surface area contributed by atoms with Gasteiger partial charge in [-0.2, -0.15) is 0 Å². The van der Waals surface area contributed by atoms with Gasteiger partial charge in [-0.1, -0.05) is 25.7 Å². The minimum Gasteiger partial charge on any atom is -0.349 e. The molecule has 2 amide bonds. The third kappa shape index (κ3) is 4.17. The number of hydrogen-bond donors (Lipinski definition) is 1. The van der Waals surface area contributed by atoms with E-state index in [9.17, 15) is 14.0 Å². The molecule has 2 bridgehead atoms. The van der Waals surface area contributed by atoms with Gasteiger partial charge >= 0.3 is 0 Å². The van der Waals surface area contributed by atoms with Gasteiger partial charge in [0.1, 0.15) is 5.82 Å². The van der Waals surface area contributed by atoms with Gasteiger partial charge in [-0.3, -0.25) is 9.59 Å². The number of nitrogens with zero attached hydrogens (tertiary/aromatic N) is 1. The van der Waals surface area contributed by atoms with Crippen LogP contribution in [0.4, 0.5) is 4.39 Å². The predicted molar refractivity (Wildman–Crippen MR) is 102 cm³/mol. The van der Waals surface area contributed by atoms with E-state index >= 15 is 0 Å². The molecule has 146 valence electrons. The average molecular weight is 372 g/mol. The van der Waals surface area contributed by atoms with Crippen LogP contribution in [0.15, 0.2) is 24.3 Å². The van der Waals surface area contributed by atoms with Gasteiger partial charge in [0, 0.05) is 30.1 Å². The third-order valence-corrected chi connectivity index (χ3v) is 6.70. The van der Waals surface area contributed by atoms with Crippen LogP contribution in [0.5, 0.6) is 0 Å². The van der Waals surface area contributed by atoms with Crippen molar-refractivity contribution in [2.75, 3.05) is 0 Å². The third-order valence-electron chi connectivity index (χ3n) is 6.70. The molecule has 1 N–H and O–H groups in total. The summed E-state index contributed by atoms with van der Waals surface area (Å²) >= 11 is 0. The van der Waals surface area contributed by atoms with Crippen LogP contribution in [0.25, 0.3) is 0 Å². The fourth-order valence-corrected chi connectivity index (χ4v) is 5.33. The van der Waals surface area contributed by atoms with E-state index in [0.717, 1.165) is 38.0 Å². The molecule has 3 aliphatic rings. The number of carbonyl (C=O) groups is 2. The molecule has 1 aliphatic carbocycles. The van der Waals surface area contributed by atoms with E-state index in [1.54, 1.807) is 0 Å². The number of halogens is 1. The fraction of sp³-hybridized carbons (Fsp3) is 0.636. The van der Waals surface area contributed by atoms with Gasteiger partial charge in [0.05, 0.1) is 0 Å². The lowest BCUT2D eigenvalue weighted by Gasteiger charge is -2.39. The molecule has 3 fully saturated rings. The number of rotatable bonds is 5. The molecule has 2 heterocycles. The summed E-state index contributed by atoms with van der Waals surface area (Å²) in [4.78, 5) is 27.3. The number of fused-ring (bicyclic) bond motifs is 2. The highest BCUT2D eigenvalue weighted by atomic mass is 19.1. The van der Waals surface area contributed by atoms with Crippen LogP contribution >= 0.6 is 0 Å². The number of piperidine rings is 1. The number of amides is 2. The van der Waals surface area contributed by atoms with Crippen LogP contribution in [0, 0.1) is 11.7 Å². The Morgan fingerprint density at radius 2 is 1.63 bits per heavy atom. The van der Waals surface area contributed by atoms with Crippen LogP contribution in [0.2, 0.25) is 0 Å². The largest absolute Gasteiger partial charge is 0.349 e. The summed E-state index contributed by atoms with van der Waals surface area (Å²) in [6.45, 7) is 0. The summed E-state index contributed by atoms with van der Waals surface area (Å²) in [7, 11) is 0. The van der Waals surface area contributed by atoms with Gasteiger partial charge in [0.25, 0.3) is 5.91 Å². The zero-order chi connectivity index (χ0) is 18.8. The van der Waals surface area contributed by atoms with E-state index < -0.39 is 0 Å². The van der Waals surface area contributed by atoms with Crippen molar-refractivity contribution in [3.63, 3.8) is 0 Å². The van der Waals surface area contributed by atoms with Gasteiger partial charge in [-0.15, -0.1) is 0 Å². The highest BCUT2D eigenvalue weighted by Gasteiger charge is 2.43. The monoisotopic (exact) mass is 372 g/mol. The molecule has 0 radical (unpaired) electrons. The minimum absolute atomic E-state index is 0.0962. The van der Waals surface area contributed by atoms with Crippen molar-refractivity contribution in [3.8, 4) is 0 Å². The van der Waals surface area contributed by atoms with Gasteiger partial charge < -0.3 is 10.2 Å². The number of hydrogen-bond acceptors (Lipinski definition) is 2. The highest BCUT2D eigenvalue weighted by molar-refractivity contribution is 5.94. The first kappa shape index (κ1) is 18.5. The van der Waals surface area contributed by atoms with Crippen LogP contribution in [-0.2, 0) is 4.79 Å². The number of benzene rings is 1. The van der Waals surface area contributed by atoms with Crippen LogP contribution in [0.1, 0.15) is 74.6 Å². The lowest BCUT2D eigenvalue weighted by atomic mass is 9.95. The van der Waals surface area contributed by atoms with Crippen molar-refractivity contribution in [2.24, 2.45) is 5.92 Å². The molecule has 0 spiro atoms. The Kier molecular flexibility index (Phi) is 5.46. The number of carbonyl (C=O) groups excluding carboxylic acids is 2. The smallest absolute Gasteiger partial charge is 0.251 e. The van der Waals surface area contributed by atoms with Gasteiger partial charge in [-0.05, 0) is 62.3 Å². The maximum atomic E-state index is 13.0. The Labute approximate surface area is 160 Å². The minimum atomic E-state index is -0.339. The standard InChI is InChI=1S/C22H29FN2O2/c23-17-8-6-16(7-9-17)22(27)24-18-13-19-10-11-20(14-18)25(19)21(26)12-5-15-3-1-2-4-15/h6-9,15,18-20H,1-5,10-14H2,(H,24,27). The Balaban J connectivity index is 1.30. The van der Waals surface area contributed by atoms with Crippen molar-refractivity contribution in [1.29, 1.82) is 0 Å². The summed E-state index contributed by atoms with van der Waals surface area (Å²) in [5.41, 5.74) is 0.485. The molecule has 0 aromatic heterocycles. The summed E-state index contributed by atoms with van der Waals surface area (Å²) in [6, 6.07) is 6.27. The molecule has 2 aliphatic heterocycles. The van der Waals surface area contributed by atoms with Gasteiger partial charge in [-0.25, -0.2) is 4.39 Å². The van der Waals surface area contributed by atoms with Crippen molar-refractivity contribution < 1.29 is 14.0 Å². The first-order valence-electron chi connectivity index (χ1n) is 10.5.